The Morgan fingerprint density at radius 1 is 1.05 bits per heavy atom. The van der Waals surface area contributed by atoms with Crippen LogP contribution >= 0.6 is 0 Å². The SMILES string of the molecule is Cc1cc(N)nc(-c2ncc3c(N4CCCC(C)(O)C4)nc(OCC45CCCN4CCC5)nc3c2F)c1C(F)(F)F. The molecule has 0 aromatic carbocycles. The summed E-state index contributed by atoms with van der Waals surface area (Å²) >= 11 is 0. The largest absolute Gasteiger partial charge is 0.461 e. The molecule has 1 atom stereocenters. The van der Waals surface area contributed by atoms with Gasteiger partial charge in [0, 0.05) is 19.3 Å². The first-order chi connectivity index (χ1) is 19.4. The van der Waals surface area contributed by atoms with Gasteiger partial charge in [0.2, 0.25) is 0 Å². The minimum absolute atomic E-state index is 0.0744. The monoisotopic (exact) mass is 575 g/mol. The molecule has 3 saturated heterocycles. The lowest BCUT2D eigenvalue weighted by atomic mass is 9.95. The molecule has 0 aliphatic carbocycles. The molecule has 0 radical (unpaired) electrons. The first-order valence-corrected chi connectivity index (χ1v) is 13.9. The second kappa shape index (κ2) is 9.90. The van der Waals surface area contributed by atoms with E-state index in [9.17, 15) is 18.3 Å². The Kier molecular flexibility index (Phi) is 6.72. The molecular formula is C28H33F4N7O2. The van der Waals surface area contributed by atoms with Gasteiger partial charge in [-0.3, -0.25) is 9.88 Å². The minimum atomic E-state index is -4.82. The van der Waals surface area contributed by atoms with E-state index in [-0.39, 0.29) is 40.4 Å². The summed E-state index contributed by atoms with van der Waals surface area (Å²) in [5.41, 5.74) is 1.79. The molecule has 0 amide bonds. The number of pyridine rings is 2. The Labute approximate surface area is 234 Å². The highest BCUT2D eigenvalue weighted by Crippen LogP contribution is 2.42. The fourth-order valence-electron chi connectivity index (χ4n) is 6.78. The second-order valence-electron chi connectivity index (χ2n) is 11.8. The van der Waals surface area contributed by atoms with Crippen LogP contribution in [0.4, 0.5) is 29.2 Å². The zero-order valence-electron chi connectivity index (χ0n) is 23.1. The smallest absolute Gasteiger partial charge is 0.418 e. The molecule has 3 aliphatic heterocycles. The third-order valence-corrected chi connectivity index (χ3v) is 8.64. The van der Waals surface area contributed by atoms with Crippen molar-refractivity contribution in [2.75, 3.05) is 43.4 Å². The van der Waals surface area contributed by atoms with Gasteiger partial charge in [0.25, 0.3) is 0 Å². The van der Waals surface area contributed by atoms with Crippen LogP contribution in [-0.2, 0) is 6.18 Å². The molecule has 0 spiro atoms. The molecular weight excluding hydrogens is 542 g/mol. The van der Waals surface area contributed by atoms with Crippen LogP contribution in [0, 0.1) is 12.7 Å². The number of anilines is 2. The van der Waals surface area contributed by atoms with E-state index < -0.39 is 34.5 Å². The normalized spacial score (nSPS) is 22.9. The molecule has 3 N–H and O–H groups in total. The van der Waals surface area contributed by atoms with Gasteiger partial charge < -0.3 is 20.5 Å². The summed E-state index contributed by atoms with van der Waals surface area (Å²) in [7, 11) is 0. The number of aliphatic hydroxyl groups is 1. The lowest BCUT2D eigenvalue weighted by molar-refractivity contribution is -0.137. The highest BCUT2D eigenvalue weighted by atomic mass is 19.4. The first kappa shape index (κ1) is 27.8. The van der Waals surface area contributed by atoms with Crippen molar-refractivity contribution in [3.63, 3.8) is 0 Å². The number of β-amino-alcohol motifs (C(OH)–C–C–N with tert-alkyl or cyclic N) is 1. The van der Waals surface area contributed by atoms with E-state index in [0.29, 0.717) is 31.8 Å². The van der Waals surface area contributed by atoms with Crippen molar-refractivity contribution in [2.45, 2.75) is 69.7 Å². The Morgan fingerprint density at radius 3 is 2.44 bits per heavy atom. The van der Waals surface area contributed by atoms with Gasteiger partial charge in [0.05, 0.1) is 22.1 Å². The van der Waals surface area contributed by atoms with Crippen molar-refractivity contribution in [1.29, 1.82) is 0 Å². The molecule has 6 rings (SSSR count). The number of hydrogen-bond donors (Lipinski definition) is 2. The summed E-state index contributed by atoms with van der Waals surface area (Å²) in [6, 6.07) is 1.02. The number of ether oxygens (including phenoxy) is 1. The van der Waals surface area contributed by atoms with Crippen molar-refractivity contribution >= 4 is 22.5 Å². The lowest BCUT2D eigenvalue weighted by Crippen LogP contribution is -2.46. The number of aromatic nitrogens is 4. The number of rotatable bonds is 5. The molecule has 0 saturated carbocycles. The van der Waals surface area contributed by atoms with Crippen molar-refractivity contribution in [2.24, 2.45) is 0 Å². The maximum atomic E-state index is 16.3. The highest BCUT2D eigenvalue weighted by Gasteiger charge is 2.45. The Bertz CT molecular complexity index is 1490. The van der Waals surface area contributed by atoms with Crippen LogP contribution in [0.1, 0.15) is 56.6 Å². The Hall–Kier alpha value is -3.32. The number of halogens is 4. The third-order valence-electron chi connectivity index (χ3n) is 8.64. The zero-order valence-corrected chi connectivity index (χ0v) is 23.1. The number of nitrogen functional groups attached to an aromatic ring is 1. The molecule has 220 valence electrons. The first-order valence-electron chi connectivity index (χ1n) is 13.9. The number of aryl methyl sites for hydroxylation is 1. The van der Waals surface area contributed by atoms with E-state index in [0.717, 1.165) is 44.8 Å². The average molecular weight is 576 g/mol. The number of nitrogens with two attached hydrogens (primary N) is 1. The molecule has 3 fully saturated rings. The van der Waals surface area contributed by atoms with Crippen molar-refractivity contribution in [3.05, 3.63) is 29.2 Å². The van der Waals surface area contributed by atoms with Gasteiger partial charge in [-0.2, -0.15) is 23.1 Å². The summed E-state index contributed by atoms with van der Waals surface area (Å²) in [6.07, 6.45) is 1.78. The summed E-state index contributed by atoms with van der Waals surface area (Å²) < 4.78 is 64.6. The fourth-order valence-corrected chi connectivity index (χ4v) is 6.78. The van der Waals surface area contributed by atoms with Crippen LogP contribution < -0.4 is 15.4 Å². The van der Waals surface area contributed by atoms with Gasteiger partial charge in [-0.1, -0.05) is 0 Å². The maximum Gasteiger partial charge on any atom is 0.418 e. The van der Waals surface area contributed by atoms with Crippen molar-refractivity contribution in [1.82, 2.24) is 24.8 Å². The number of nitrogens with zero attached hydrogens (tertiary/aromatic N) is 6. The predicted molar refractivity (Wildman–Crippen MR) is 145 cm³/mol. The summed E-state index contributed by atoms with van der Waals surface area (Å²) in [5, 5.41) is 11.0. The predicted octanol–water partition coefficient (Wildman–Crippen LogP) is 4.49. The standard InChI is InChI=1S/C28H33F4N7O2/c1-16-12-18(33)35-22(19(16)28(30,31)32)23-20(29)21-17(13-34-23)24(38-9-3-6-26(2,40)14-38)37-25(36-21)41-15-27-7-4-10-39(27)11-5-8-27/h12-13,40H,3-11,14-15H2,1-2H3,(H2,33,35). The third kappa shape index (κ3) is 5.03. The number of alkyl halides is 3. The van der Waals surface area contributed by atoms with E-state index in [2.05, 4.69) is 24.8 Å². The zero-order chi connectivity index (χ0) is 29.2. The van der Waals surface area contributed by atoms with E-state index in [1.54, 1.807) is 6.92 Å². The molecule has 3 aromatic heterocycles. The quantitative estimate of drug-likeness (QED) is 0.425. The van der Waals surface area contributed by atoms with Crippen molar-refractivity contribution in [3.8, 4) is 17.4 Å². The summed E-state index contributed by atoms with van der Waals surface area (Å²) in [6.45, 7) is 6.04. The van der Waals surface area contributed by atoms with Crippen LogP contribution in [-0.4, -0.2) is 73.9 Å². The van der Waals surface area contributed by atoms with E-state index >= 15 is 4.39 Å². The number of hydrogen-bond acceptors (Lipinski definition) is 9. The van der Waals surface area contributed by atoms with Gasteiger partial charge in [0.15, 0.2) is 5.82 Å². The van der Waals surface area contributed by atoms with E-state index in [4.69, 9.17) is 10.5 Å². The highest BCUT2D eigenvalue weighted by molar-refractivity contribution is 5.92. The minimum Gasteiger partial charge on any atom is -0.461 e. The Morgan fingerprint density at radius 2 is 1.76 bits per heavy atom. The van der Waals surface area contributed by atoms with Gasteiger partial charge in [-0.25, -0.2) is 9.37 Å². The summed E-state index contributed by atoms with van der Waals surface area (Å²) in [4.78, 5) is 21.2. The van der Waals surface area contributed by atoms with Crippen molar-refractivity contribution < 1.29 is 27.4 Å². The number of piperidine rings is 1. The molecule has 41 heavy (non-hydrogen) atoms. The van der Waals surface area contributed by atoms with Gasteiger partial charge >= 0.3 is 12.2 Å². The topological polar surface area (TPSA) is 114 Å². The van der Waals surface area contributed by atoms with E-state index in [1.807, 2.05) is 4.90 Å². The van der Waals surface area contributed by atoms with E-state index in [1.165, 1.54) is 13.1 Å². The molecule has 9 nitrogen and oxygen atoms in total. The Balaban J connectivity index is 1.49. The lowest BCUT2D eigenvalue weighted by Gasteiger charge is -2.38. The molecule has 13 heteroatoms. The van der Waals surface area contributed by atoms with Crippen LogP contribution in [0.15, 0.2) is 12.3 Å². The van der Waals surface area contributed by atoms with Crippen LogP contribution in [0.25, 0.3) is 22.3 Å². The summed E-state index contributed by atoms with van der Waals surface area (Å²) in [5.74, 6) is -0.959. The van der Waals surface area contributed by atoms with Gasteiger partial charge in [-0.15, -0.1) is 0 Å². The number of fused-ring (bicyclic) bond motifs is 2. The fraction of sp³-hybridized carbons (Fsp3) is 0.571. The molecule has 1 unspecified atom stereocenters. The molecule has 3 aromatic rings. The van der Waals surface area contributed by atoms with Gasteiger partial charge in [-0.05, 0) is 77.1 Å². The second-order valence-corrected chi connectivity index (χ2v) is 11.8. The molecule has 6 heterocycles. The molecule has 0 bridgehead atoms. The van der Waals surface area contributed by atoms with Crippen LogP contribution in [0.2, 0.25) is 0 Å². The van der Waals surface area contributed by atoms with Crippen LogP contribution in [0.3, 0.4) is 0 Å². The average Bonchev–Trinajstić information content (AvgIpc) is 3.46. The molecule has 3 aliphatic rings. The maximum absolute atomic E-state index is 16.3. The van der Waals surface area contributed by atoms with Gasteiger partial charge in [0.1, 0.15) is 35.1 Å². The van der Waals surface area contributed by atoms with Crippen LogP contribution in [0.5, 0.6) is 6.01 Å².